The molecule has 1 amide bonds. The number of aliphatic hydroxyl groups is 11. The molecule has 478 valence electrons. The number of carbonyl (C=O) groups is 1. The van der Waals surface area contributed by atoms with Crippen molar-refractivity contribution in [1.29, 1.82) is 0 Å². The van der Waals surface area contributed by atoms with Crippen molar-refractivity contribution in [3.8, 4) is 0 Å². The fourth-order valence-electron chi connectivity index (χ4n) is 10.1. The van der Waals surface area contributed by atoms with Crippen molar-refractivity contribution in [2.75, 3.05) is 26.4 Å². The molecule has 3 heterocycles. The molecule has 19 heteroatoms. The van der Waals surface area contributed by atoms with E-state index in [1.165, 1.54) is 83.5 Å². The number of ether oxygens (including phenoxy) is 6. The van der Waals surface area contributed by atoms with Gasteiger partial charge in [-0.25, -0.2) is 0 Å². The van der Waals surface area contributed by atoms with Gasteiger partial charge in [-0.05, 0) is 64.2 Å². The molecule has 0 bridgehead atoms. The molecule has 19 nitrogen and oxygen atoms in total. The highest BCUT2D eigenvalue weighted by molar-refractivity contribution is 5.76. The molecule has 0 aromatic carbocycles. The summed E-state index contributed by atoms with van der Waals surface area (Å²) < 4.78 is 34.0. The summed E-state index contributed by atoms with van der Waals surface area (Å²) >= 11 is 0. The first-order chi connectivity index (χ1) is 40.3. The summed E-state index contributed by atoms with van der Waals surface area (Å²) in [5, 5.41) is 119. The average Bonchev–Trinajstić information content (AvgIpc) is 3.28. The van der Waals surface area contributed by atoms with Crippen LogP contribution in [0.25, 0.3) is 0 Å². The van der Waals surface area contributed by atoms with Crippen LogP contribution in [0.1, 0.15) is 181 Å². The Morgan fingerprint density at radius 3 is 1.28 bits per heavy atom. The van der Waals surface area contributed by atoms with E-state index in [1.54, 1.807) is 12.2 Å². The zero-order valence-corrected chi connectivity index (χ0v) is 49.9. The van der Waals surface area contributed by atoms with Crippen LogP contribution in [0, 0.1) is 0 Å². The van der Waals surface area contributed by atoms with Crippen LogP contribution in [0.3, 0.4) is 0 Å². The van der Waals surface area contributed by atoms with Crippen molar-refractivity contribution in [3.63, 3.8) is 0 Å². The van der Waals surface area contributed by atoms with E-state index in [2.05, 4.69) is 85.2 Å². The smallest absolute Gasteiger partial charge is 0.220 e. The van der Waals surface area contributed by atoms with Gasteiger partial charge in [0.2, 0.25) is 5.91 Å². The first-order valence-corrected chi connectivity index (χ1v) is 31.3. The number of hydrogen-bond donors (Lipinski definition) is 12. The molecule has 0 aliphatic carbocycles. The van der Waals surface area contributed by atoms with Gasteiger partial charge >= 0.3 is 0 Å². The molecule has 3 fully saturated rings. The molecule has 0 spiro atoms. The second-order valence-corrected chi connectivity index (χ2v) is 22.1. The third-order valence-corrected chi connectivity index (χ3v) is 15.2. The van der Waals surface area contributed by atoms with Crippen molar-refractivity contribution >= 4 is 5.91 Å². The maximum Gasteiger partial charge on any atom is 0.220 e. The van der Waals surface area contributed by atoms with Gasteiger partial charge in [0, 0.05) is 6.42 Å². The van der Waals surface area contributed by atoms with Crippen LogP contribution in [-0.2, 0) is 33.2 Å². The second-order valence-electron chi connectivity index (χ2n) is 22.1. The molecule has 0 radical (unpaired) electrons. The zero-order valence-electron chi connectivity index (χ0n) is 49.9. The normalized spacial score (nSPS) is 30.0. The van der Waals surface area contributed by atoms with Crippen LogP contribution >= 0.6 is 0 Å². The summed E-state index contributed by atoms with van der Waals surface area (Å²) in [5.74, 6) is -0.291. The Morgan fingerprint density at radius 2 is 0.831 bits per heavy atom. The van der Waals surface area contributed by atoms with Crippen LogP contribution in [0.2, 0.25) is 0 Å². The fourth-order valence-corrected chi connectivity index (χ4v) is 10.1. The number of rotatable bonds is 45. The van der Waals surface area contributed by atoms with Gasteiger partial charge < -0.3 is 89.9 Å². The Kier molecular flexibility index (Phi) is 41.3. The Morgan fingerprint density at radius 1 is 0.446 bits per heavy atom. The zero-order chi connectivity index (χ0) is 60.5. The number of carbonyl (C=O) groups excluding carboxylic acids is 1. The minimum absolute atomic E-state index is 0.237. The Hall–Kier alpha value is -3.03. The second kappa shape index (κ2) is 46.2. The summed E-state index contributed by atoms with van der Waals surface area (Å²) in [6.45, 7) is 1.35. The fraction of sp³-hybridized carbons (Fsp3) is 0.766. The van der Waals surface area contributed by atoms with Gasteiger partial charge in [-0.2, -0.15) is 0 Å². The van der Waals surface area contributed by atoms with E-state index in [0.717, 1.165) is 64.2 Å². The van der Waals surface area contributed by atoms with E-state index in [9.17, 15) is 61.0 Å². The highest BCUT2D eigenvalue weighted by atomic mass is 16.8. The molecular weight excluding hydrogens is 1070 g/mol. The highest BCUT2D eigenvalue weighted by Crippen LogP contribution is 2.33. The molecule has 0 aromatic heterocycles. The first kappa shape index (κ1) is 74.2. The standard InChI is InChI=1S/C64H109NO18/c1-3-5-7-8-9-10-11-12-13-14-15-16-17-18-19-20-21-22-23-24-25-26-27-28-29-30-31-32-33-34-35-36-37-38-40-42-52(70)65-47(48(69)41-39-6-4-2)46-78-62-58(76)55(73)60(50(44-67)80-62)83-64-59(77)56(74)61(51(45-68)81-64)82-63-57(75)54(72)53(71)49(43-66)79-63/h5,7,9-10,12-13,15-16,18-19,21-22,39,41,47-51,53-64,66-69,71-77H,3-4,6,8,11,14,17,20,23-38,40,42-46H2,1-2H3,(H,65,70)/b7-5-,10-9-,13-12-,16-15-,19-18-,22-21-,41-39+. The number of aliphatic hydroxyl groups excluding tert-OH is 11. The Bertz CT molecular complexity index is 1840. The maximum atomic E-state index is 13.1. The summed E-state index contributed by atoms with van der Waals surface area (Å²) in [5.41, 5.74) is 0. The van der Waals surface area contributed by atoms with Crippen molar-refractivity contribution in [3.05, 3.63) is 85.1 Å². The Balaban J connectivity index is 1.25. The molecule has 3 rings (SSSR count). The minimum Gasteiger partial charge on any atom is -0.394 e. The molecule has 0 saturated carbocycles. The molecular formula is C64H109NO18. The van der Waals surface area contributed by atoms with Gasteiger partial charge in [0.15, 0.2) is 18.9 Å². The SMILES string of the molecule is CC/C=C\C/C=C\C/C=C\C/C=C\C/C=C\C/C=C\CCCCCCCCCCCCCCCCCCC(=O)NC(COC1OC(CO)C(OC2OC(CO)C(OC3OC(CO)C(O)C(O)C3O)C(O)C2O)C(O)C1O)C(O)/C=C/CCC. The van der Waals surface area contributed by atoms with Crippen molar-refractivity contribution in [2.45, 2.75) is 285 Å². The van der Waals surface area contributed by atoms with Crippen molar-refractivity contribution in [1.82, 2.24) is 5.32 Å². The quantitative estimate of drug-likeness (QED) is 0.0233. The topological polar surface area (TPSA) is 307 Å². The van der Waals surface area contributed by atoms with E-state index >= 15 is 0 Å². The number of amides is 1. The summed E-state index contributed by atoms with van der Waals surface area (Å²) in [6, 6.07) is -0.971. The number of allylic oxidation sites excluding steroid dienone is 13. The predicted octanol–water partition coefficient (Wildman–Crippen LogP) is 6.37. The summed E-state index contributed by atoms with van der Waals surface area (Å²) in [4.78, 5) is 13.1. The van der Waals surface area contributed by atoms with Gasteiger partial charge in [0.05, 0.1) is 38.6 Å². The van der Waals surface area contributed by atoms with E-state index < -0.39 is 124 Å². The first-order valence-electron chi connectivity index (χ1n) is 31.3. The lowest BCUT2D eigenvalue weighted by molar-refractivity contribution is -0.379. The molecule has 3 aliphatic heterocycles. The molecule has 83 heavy (non-hydrogen) atoms. The number of unbranched alkanes of at least 4 members (excludes halogenated alkanes) is 17. The van der Waals surface area contributed by atoms with E-state index in [4.69, 9.17) is 28.4 Å². The average molecular weight is 1180 g/mol. The van der Waals surface area contributed by atoms with E-state index in [1.807, 2.05) is 6.92 Å². The predicted molar refractivity (Wildman–Crippen MR) is 318 cm³/mol. The minimum atomic E-state index is -1.98. The van der Waals surface area contributed by atoms with Crippen molar-refractivity contribution < 1.29 is 89.4 Å². The monoisotopic (exact) mass is 1180 g/mol. The molecule has 17 unspecified atom stereocenters. The largest absolute Gasteiger partial charge is 0.394 e. The van der Waals surface area contributed by atoms with Gasteiger partial charge in [0.25, 0.3) is 0 Å². The molecule has 3 saturated heterocycles. The molecule has 17 atom stereocenters. The lowest BCUT2D eigenvalue weighted by atomic mass is 9.96. The third-order valence-electron chi connectivity index (χ3n) is 15.2. The summed E-state index contributed by atoms with van der Waals surface area (Å²) in [6.07, 6.45) is 31.5. The van der Waals surface area contributed by atoms with Crippen LogP contribution in [0.4, 0.5) is 0 Å². The highest BCUT2D eigenvalue weighted by Gasteiger charge is 2.53. The molecule has 3 aliphatic rings. The van der Waals surface area contributed by atoms with Crippen LogP contribution in [0.5, 0.6) is 0 Å². The van der Waals surface area contributed by atoms with Gasteiger partial charge in [-0.1, -0.05) is 195 Å². The van der Waals surface area contributed by atoms with Gasteiger partial charge in [-0.15, -0.1) is 0 Å². The Labute approximate surface area is 495 Å². The van der Waals surface area contributed by atoms with Crippen molar-refractivity contribution in [2.24, 2.45) is 0 Å². The van der Waals surface area contributed by atoms with E-state index in [0.29, 0.717) is 12.8 Å². The third kappa shape index (κ3) is 29.5. The lowest BCUT2D eigenvalue weighted by Gasteiger charge is -2.48. The van der Waals surface area contributed by atoms with Crippen LogP contribution in [-0.4, -0.2) is 193 Å². The summed E-state index contributed by atoms with van der Waals surface area (Å²) in [7, 11) is 0. The van der Waals surface area contributed by atoms with Gasteiger partial charge in [-0.3, -0.25) is 4.79 Å². The van der Waals surface area contributed by atoms with Crippen LogP contribution in [0.15, 0.2) is 85.1 Å². The molecule has 0 aromatic rings. The molecule has 12 N–H and O–H groups in total. The van der Waals surface area contributed by atoms with Gasteiger partial charge in [0.1, 0.15) is 73.2 Å². The lowest BCUT2D eigenvalue weighted by Crippen LogP contribution is -2.66. The number of nitrogens with one attached hydrogen (secondary N) is 1. The maximum absolute atomic E-state index is 13.1. The number of hydrogen-bond acceptors (Lipinski definition) is 18. The van der Waals surface area contributed by atoms with E-state index in [-0.39, 0.29) is 18.9 Å². The van der Waals surface area contributed by atoms with Crippen LogP contribution < -0.4 is 5.32 Å².